The summed E-state index contributed by atoms with van der Waals surface area (Å²) < 4.78 is 0. The fourth-order valence-corrected chi connectivity index (χ4v) is 2.42. The van der Waals surface area contributed by atoms with E-state index in [0.717, 1.165) is 30.3 Å². The highest BCUT2D eigenvalue weighted by molar-refractivity contribution is 6.33. The predicted octanol–water partition coefficient (Wildman–Crippen LogP) is 3.75. The number of anilines is 1. The van der Waals surface area contributed by atoms with Crippen molar-refractivity contribution in [1.82, 2.24) is 5.32 Å². The smallest absolute Gasteiger partial charge is 0.0642 e. The largest absolute Gasteiger partial charge is 0.370 e. The maximum Gasteiger partial charge on any atom is 0.0642 e. The van der Waals surface area contributed by atoms with E-state index in [1.807, 2.05) is 12.1 Å². The van der Waals surface area contributed by atoms with Crippen LogP contribution in [0.5, 0.6) is 0 Å². The minimum absolute atomic E-state index is 0.297. The molecule has 0 heterocycles. The molecule has 1 rings (SSSR count). The summed E-state index contributed by atoms with van der Waals surface area (Å²) >= 11 is 6.37. The molecule has 0 saturated carbocycles. The van der Waals surface area contributed by atoms with Crippen molar-refractivity contribution in [3.63, 3.8) is 0 Å². The third-order valence-corrected chi connectivity index (χ3v) is 3.50. The first-order valence-electron chi connectivity index (χ1n) is 6.78. The van der Waals surface area contributed by atoms with Gasteiger partial charge in [0.1, 0.15) is 0 Å². The zero-order valence-electron chi connectivity index (χ0n) is 11.9. The fourth-order valence-electron chi connectivity index (χ4n) is 2.11. The first-order valence-corrected chi connectivity index (χ1v) is 7.16. The Bertz CT molecular complexity index is 440. The second-order valence-corrected chi connectivity index (χ2v) is 4.89. The van der Waals surface area contributed by atoms with Crippen LogP contribution in [0, 0.1) is 11.3 Å². The molecule has 0 radical (unpaired) electrons. The molecule has 0 spiro atoms. The minimum atomic E-state index is 0.297. The molecule has 3 nitrogen and oxygen atoms in total. The molecule has 0 aliphatic heterocycles. The summed E-state index contributed by atoms with van der Waals surface area (Å²) in [5.74, 6) is 0. The van der Waals surface area contributed by atoms with Crippen LogP contribution in [0.2, 0.25) is 5.02 Å². The highest BCUT2D eigenvalue weighted by Gasteiger charge is 2.11. The van der Waals surface area contributed by atoms with Crippen LogP contribution >= 0.6 is 11.6 Å². The number of nitriles is 1. The Morgan fingerprint density at radius 3 is 2.68 bits per heavy atom. The van der Waals surface area contributed by atoms with Crippen LogP contribution < -0.4 is 10.2 Å². The molecule has 1 atom stereocenters. The number of hydrogen-bond acceptors (Lipinski definition) is 3. The topological polar surface area (TPSA) is 39.1 Å². The van der Waals surface area contributed by atoms with Gasteiger partial charge in [0.25, 0.3) is 0 Å². The Balaban J connectivity index is 2.89. The lowest BCUT2D eigenvalue weighted by Gasteiger charge is -2.24. The highest BCUT2D eigenvalue weighted by Crippen LogP contribution is 2.29. The van der Waals surface area contributed by atoms with Gasteiger partial charge in [-0.2, -0.15) is 5.26 Å². The zero-order chi connectivity index (χ0) is 14.3. The number of halogens is 1. The average molecular weight is 280 g/mol. The molecule has 0 bridgehead atoms. The molecule has 1 unspecified atom stereocenters. The van der Waals surface area contributed by atoms with Gasteiger partial charge in [-0.05, 0) is 38.1 Å². The Labute approximate surface area is 121 Å². The molecule has 0 aliphatic carbocycles. The first kappa shape index (κ1) is 15.8. The van der Waals surface area contributed by atoms with Gasteiger partial charge in [-0.3, -0.25) is 0 Å². The van der Waals surface area contributed by atoms with E-state index in [4.69, 9.17) is 16.9 Å². The second-order valence-electron chi connectivity index (χ2n) is 4.48. The van der Waals surface area contributed by atoms with E-state index in [1.165, 1.54) is 5.56 Å². The zero-order valence-corrected chi connectivity index (χ0v) is 12.7. The van der Waals surface area contributed by atoms with Crippen molar-refractivity contribution < 1.29 is 0 Å². The lowest BCUT2D eigenvalue weighted by atomic mass is 10.1. The highest BCUT2D eigenvalue weighted by atomic mass is 35.5. The standard InChI is InChI=1S/C15H22ClN3/c1-4-18-12(3)13-7-8-15(14(16)11-13)19(5-2)10-6-9-17/h7-8,11-12,18H,4-6,10H2,1-3H3. The van der Waals surface area contributed by atoms with E-state index in [2.05, 4.69) is 43.1 Å². The van der Waals surface area contributed by atoms with Gasteiger partial charge in [0.15, 0.2) is 0 Å². The van der Waals surface area contributed by atoms with Crippen LogP contribution in [0.25, 0.3) is 0 Å². The van der Waals surface area contributed by atoms with Gasteiger partial charge in [-0.1, -0.05) is 24.6 Å². The molecule has 1 aromatic rings. The predicted molar refractivity (Wildman–Crippen MR) is 81.7 cm³/mol. The van der Waals surface area contributed by atoms with Gasteiger partial charge in [-0.15, -0.1) is 0 Å². The second kappa shape index (κ2) is 8.04. The molecule has 104 valence electrons. The van der Waals surface area contributed by atoms with Gasteiger partial charge >= 0.3 is 0 Å². The van der Waals surface area contributed by atoms with Gasteiger partial charge in [-0.25, -0.2) is 0 Å². The molecule has 0 saturated heterocycles. The third kappa shape index (κ3) is 4.41. The van der Waals surface area contributed by atoms with Crippen LogP contribution in [0.4, 0.5) is 5.69 Å². The average Bonchev–Trinajstić information content (AvgIpc) is 2.41. The quantitative estimate of drug-likeness (QED) is 0.826. The summed E-state index contributed by atoms with van der Waals surface area (Å²) in [6, 6.07) is 8.63. The minimum Gasteiger partial charge on any atom is -0.370 e. The number of nitrogens with zero attached hydrogens (tertiary/aromatic N) is 2. The molecule has 1 aromatic carbocycles. The molecule has 0 fully saturated rings. The van der Waals surface area contributed by atoms with Crippen molar-refractivity contribution in [3.8, 4) is 6.07 Å². The van der Waals surface area contributed by atoms with E-state index >= 15 is 0 Å². The van der Waals surface area contributed by atoms with Crippen LogP contribution in [-0.4, -0.2) is 19.6 Å². The van der Waals surface area contributed by atoms with Crippen molar-refractivity contribution in [2.75, 3.05) is 24.5 Å². The van der Waals surface area contributed by atoms with Crippen LogP contribution in [-0.2, 0) is 0 Å². The van der Waals surface area contributed by atoms with Crippen molar-refractivity contribution in [1.29, 1.82) is 5.26 Å². The Morgan fingerprint density at radius 2 is 2.16 bits per heavy atom. The molecule has 1 N–H and O–H groups in total. The number of rotatable bonds is 7. The summed E-state index contributed by atoms with van der Waals surface area (Å²) in [6.45, 7) is 8.79. The van der Waals surface area contributed by atoms with Gasteiger partial charge < -0.3 is 10.2 Å². The van der Waals surface area contributed by atoms with Crippen molar-refractivity contribution >= 4 is 17.3 Å². The molecule has 0 aromatic heterocycles. The summed E-state index contributed by atoms with van der Waals surface area (Å²) in [7, 11) is 0. The molecule has 0 amide bonds. The lowest BCUT2D eigenvalue weighted by Crippen LogP contribution is -2.24. The molecular formula is C15H22ClN3. The first-order chi connectivity index (χ1) is 9.13. The van der Waals surface area contributed by atoms with Gasteiger partial charge in [0.05, 0.1) is 23.2 Å². The molecular weight excluding hydrogens is 258 g/mol. The maximum absolute atomic E-state index is 8.68. The van der Waals surface area contributed by atoms with Crippen LogP contribution in [0.15, 0.2) is 18.2 Å². The number of nitrogens with one attached hydrogen (secondary N) is 1. The monoisotopic (exact) mass is 279 g/mol. The normalized spacial score (nSPS) is 11.9. The summed E-state index contributed by atoms with van der Waals surface area (Å²) in [5.41, 5.74) is 2.19. The van der Waals surface area contributed by atoms with Gasteiger partial charge in [0, 0.05) is 19.1 Å². The Morgan fingerprint density at radius 1 is 1.42 bits per heavy atom. The Kier molecular flexibility index (Phi) is 6.69. The summed E-state index contributed by atoms with van der Waals surface area (Å²) in [4.78, 5) is 2.13. The van der Waals surface area contributed by atoms with Crippen molar-refractivity contribution in [3.05, 3.63) is 28.8 Å². The van der Waals surface area contributed by atoms with E-state index in [1.54, 1.807) is 0 Å². The molecule has 19 heavy (non-hydrogen) atoms. The van der Waals surface area contributed by atoms with E-state index in [-0.39, 0.29) is 0 Å². The maximum atomic E-state index is 8.68. The molecule has 0 aliphatic rings. The number of hydrogen-bond donors (Lipinski definition) is 1. The Hall–Kier alpha value is -1.24. The third-order valence-electron chi connectivity index (χ3n) is 3.20. The van der Waals surface area contributed by atoms with Crippen LogP contribution in [0.3, 0.4) is 0 Å². The van der Waals surface area contributed by atoms with E-state index < -0.39 is 0 Å². The summed E-state index contributed by atoms with van der Waals surface area (Å²) in [5, 5.41) is 12.8. The van der Waals surface area contributed by atoms with Crippen molar-refractivity contribution in [2.45, 2.75) is 33.2 Å². The van der Waals surface area contributed by atoms with Gasteiger partial charge in [0.2, 0.25) is 0 Å². The van der Waals surface area contributed by atoms with E-state index in [9.17, 15) is 0 Å². The SMILES string of the molecule is CCNC(C)c1ccc(N(CC)CCC#N)c(Cl)c1. The summed E-state index contributed by atoms with van der Waals surface area (Å²) in [6.07, 6.45) is 0.514. The van der Waals surface area contributed by atoms with Crippen molar-refractivity contribution in [2.24, 2.45) is 0 Å². The fraction of sp³-hybridized carbons (Fsp3) is 0.533. The molecule has 4 heteroatoms. The number of benzene rings is 1. The van der Waals surface area contributed by atoms with Crippen LogP contribution in [0.1, 0.15) is 38.8 Å². The lowest BCUT2D eigenvalue weighted by molar-refractivity contribution is 0.598. The van der Waals surface area contributed by atoms with E-state index in [0.29, 0.717) is 12.5 Å².